The lowest BCUT2D eigenvalue weighted by Crippen LogP contribution is -1.97. The molecule has 0 unspecified atom stereocenters. The molecule has 0 aliphatic rings. The van der Waals surface area contributed by atoms with Crippen molar-refractivity contribution in [3.05, 3.63) is 26.8 Å². The first-order valence-corrected chi connectivity index (χ1v) is 5.22. The Morgan fingerprint density at radius 2 is 2.07 bits per heavy atom. The van der Waals surface area contributed by atoms with Crippen LogP contribution in [0.5, 0.6) is 0 Å². The van der Waals surface area contributed by atoms with Crippen molar-refractivity contribution in [2.75, 3.05) is 5.43 Å². The molecule has 15 heavy (non-hydrogen) atoms. The first-order valence-electron chi connectivity index (χ1n) is 3.76. The number of benzene rings is 1. The molecule has 1 aromatic carbocycles. The number of nitrogens with zero attached hydrogens (tertiary/aromatic N) is 3. The van der Waals surface area contributed by atoms with Gasteiger partial charge in [-0.2, -0.15) is 15.6 Å². The van der Waals surface area contributed by atoms with Gasteiger partial charge in [-0.05, 0) is 40.8 Å². The zero-order valence-corrected chi connectivity index (χ0v) is 10.2. The van der Waals surface area contributed by atoms with E-state index in [-0.39, 0.29) is 5.71 Å². The van der Waals surface area contributed by atoms with Gasteiger partial charge < -0.3 is 0 Å². The topological polar surface area (TPSA) is 72.0 Å². The summed E-state index contributed by atoms with van der Waals surface area (Å²) in [6.07, 6.45) is 0. The van der Waals surface area contributed by atoms with Crippen molar-refractivity contribution in [3.63, 3.8) is 0 Å². The average Bonchev–Trinajstić information content (AvgIpc) is 2.24. The number of hydrogen-bond donors (Lipinski definition) is 1. The Morgan fingerprint density at radius 3 is 2.67 bits per heavy atom. The summed E-state index contributed by atoms with van der Waals surface area (Å²) in [5.74, 6) is 0. The SMILES string of the molecule is N#CC(C#N)=NNc1cc(Cl)ccc1I. The molecule has 1 rings (SSSR count). The molecule has 0 saturated carbocycles. The van der Waals surface area contributed by atoms with E-state index in [0.717, 1.165) is 3.57 Å². The molecule has 1 aromatic rings. The Labute approximate surface area is 105 Å². The molecule has 0 atom stereocenters. The Bertz CT molecular complexity index is 468. The fraction of sp³-hybridized carbons (Fsp3) is 0. The lowest BCUT2D eigenvalue weighted by atomic mass is 10.3. The lowest BCUT2D eigenvalue weighted by Gasteiger charge is -2.02. The van der Waals surface area contributed by atoms with Gasteiger partial charge in [-0.15, -0.1) is 0 Å². The van der Waals surface area contributed by atoms with Gasteiger partial charge in [-0.25, -0.2) is 0 Å². The summed E-state index contributed by atoms with van der Waals surface area (Å²) in [4.78, 5) is 0. The molecule has 0 heterocycles. The molecule has 0 aromatic heterocycles. The highest BCUT2D eigenvalue weighted by atomic mass is 127. The molecule has 6 heteroatoms. The molecule has 4 nitrogen and oxygen atoms in total. The molecule has 0 aliphatic heterocycles. The summed E-state index contributed by atoms with van der Waals surface area (Å²) in [5, 5.41) is 21.1. The number of halogens is 2. The van der Waals surface area contributed by atoms with Crippen LogP contribution < -0.4 is 5.43 Å². The Hall–Kier alpha value is -1.31. The van der Waals surface area contributed by atoms with Gasteiger partial charge in [0, 0.05) is 8.59 Å². The molecular formula is C9H4ClIN4. The fourth-order valence-electron chi connectivity index (χ4n) is 0.774. The quantitative estimate of drug-likeness (QED) is 0.515. The summed E-state index contributed by atoms with van der Waals surface area (Å²) in [7, 11) is 0. The van der Waals surface area contributed by atoms with Crippen molar-refractivity contribution >= 4 is 45.6 Å². The molecule has 0 radical (unpaired) electrons. The van der Waals surface area contributed by atoms with Crippen LogP contribution in [0.3, 0.4) is 0 Å². The Morgan fingerprint density at radius 1 is 1.40 bits per heavy atom. The van der Waals surface area contributed by atoms with Crippen molar-refractivity contribution in [1.82, 2.24) is 0 Å². The first kappa shape index (κ1) is 11.8. The summed E-state index contributed by atoms with van der Waals surface area (Å²) in [5.41, 5.74) is 3.03. The van der Waals surface area contributed by atoms with E-state index in [9.17, 15) is 0 Å². The largest absolute Gasteiger partial charge is 0.275 e. The fourth-order valence-corrected chi connectivity index (χ4v) is 1.40. The number of nitriles is 2. The zero-order valence-electron chi connectivity index (χ0n) is 7.33. The van der Waals surface area contributed by atoms with Gasteiger partial charge >= 0.3 is 0 Å². The summed E-state index contributed by atoms with van der Waals surface area (Å²) in [6.45, 7) is 0. The third-order valence-corrected chi connectivity index (χ3v) is 2.60. The molecule has 0 aliphatic carbocycles. The summed E-state index contributed by atoms with van der Waals surface area (Å²) >= 11 is 7.87. The van der Waals surface area contributed by atoms with Crippen LogP contribution in [-0.4, -0.2) is 5.71 Å². The highest BCUT2D eigenvalue weighted by Gasteiger charge is 2.00. The van der Waals surface area contributed by atoms with Crippen molar-refractivity contribution < 1.29 is 0 Å². The van der Waals surface area contributed by atoms with Gasteiger partial charge in [-0.1, -0.05) is 11.6 Å². The van der Waals surface area contributed by atoms with Crippen LogP contribution in [0.15, 0.2) is 23.3 Å². The summed E-state index contributed by atoms with van der Waals surface area (Å²) in [6, 6.07) is 8.51. The Balaban J connectivity index is 2.92. The maximum atomic E-state index is 8.46. The smallest absolute Gasteiger partial charge is 0.237 e. The highest BCUT2D eigenvalue weighted by Crippen LogP contribution is 2.22. The van der Waals surface area contributed by atoms with Crippen LogP contribution in [0, 0.1) is 26.2 Å². The zero-order chi connectivity index (χ0) is 11.3. The van der Waals surface area contributed by atoms with E-state index in [1.54, 1.807) is 30.3 Å². The van der Waals surface area contributed by atoms with Gasteiger partial charge in [0.25, 0.3) is 0 Å². The van der Waals surface area contributed by atoms with E-state index in [0.29, 0.717) is 10.7 Å². The maximum absolute atomic E-state index is 8.46. The van der Waals surface area contributed by atoms with Crippen LogP contribution in [0.2, 0.25) is 5.02 Å². The van der Waals surface area contributed by atoms with Gasteiger partial charge in [0.2, 0.25) is 5.71 Å². The average molecular weight is 331 g/mol. The third kappa shape index (κ3) is 3.39. The number of nitrogens with one attached hydrogen (secondary N) is 1. The maximum Gasteiger partial charge on any atom is 0.237 e. The van der Waals surface area contributed by atoms with Crippen molar-refractivity contribution in [2.24, 2.45) is 5.10 Å². The minimum atomic E-state index is -0.231. The molecule has 0 bridgehead atoms. The van der Waals surface area contributed by atoms with E-state index in [1.165, 1.54) is 0 Å². The third-order valence-electron chi connectivity index (χ3n) is 1.43. The molecule has 74 valence electrons. The van der Waals surface area contributed by atoms with Crippen LogP contribution in [0.25, 0.3) is 0 Å². The van der Waals surface area contributed by atoms with Gasteiger partial charge in [0.15, 0.2) is 0 Å². The van der Waals surface area contributed by atoms with Crippen molar-refractivity contribution in [2.45, 2.75) is 0 Å². The van der Waals surface area contributed by atoms with Crippen LogP contribution in [0.1, 0.15) is 0 Å². The minimum absolute atomic E-state index is 0.231. The second-order valence-corrected chi connectivity index (χ2v) is 4.02. The molecule has 0 spiro atoms. The lowest BCUT2D eigenvalue weighted by molar-refractivity contribution is 1.33. The number of anilines is 1. The molecular weight excluding hydrogens is 326 g/mol. The number of hydrazone groups is 1. The highest BCUT2D eigenvalue weighted by molar-refractivity contribution is 14.1. The van der Waals surface area contributed by atoms with Gasteiger partial charge in [-0.3, -0.25) is 5.43 Å². The monoisotopic (exact) mass is 330 g/mol. The van der Waals surface area contributed by atoms with Crippen molar-refractivity contribution in [1.29, 1.82) is 10.5 Å². The van der Waals surface area contributed by atoms with E-state index in [4.69, 9.17) is 22.1 Å². The number of hydrogen-bond acceptors (Lipinski definition) is 4. The second kappa shape index (κ2) is 5.54. The van der Waals surface area contributed by atoms with Gasteiger partial charge in [0.05, 0.1) is 5.69 Å². The number of rotatable bonds is 2. The Kier molecular flexibility index (Phi) is 4.35. The van der Waals surface area contributed by atoms with Crippen molar-refractivity contribution in [3.8, 4) is 12.1 Å². The molecule has 0 saturated heterocycles. The normalized spacial score (nSPS) is 8.53. The predicted molar refractivity (Wildman–Crippen MR) is 66.5 cm³/mol. The van der Waals surface area contributed by atoms with Crippen LogP contribution in [-0.2, 0) is 0 Å². The minimum Gasteiger partial charge on any atom is -0.275 e. The van der Waals surface area contributed by atoms with E-state index in [1.807, 2.05) is 0 Å². The van der Waals surface area contributed by atoms with E-state index < -0.39 is 0 Å². The second-order valence-electron chi connectivity index (χ2n) is 2.42. The standard InChI is InChI=1S/C9H4ClIN4/c10-6-1-2-8(11)9(3-6)15-14-7(4-12)5-13/h1-3,15H. The molecule has 0 fully saturated rings. The molecule has 1 N–H and O–H groups in total. The van der Waals surface area contributed by atoms with E-state index >= 15 is 0 Å². The van der Waals surface area contributed by atoms with Crippen LogP contribution in [0.4, 0.5) is 5.69 Å². The van der Waals surface area contributed by atoms with Gasteiger partial charge in [0.1, 0.15) is 12.1 Å². The summed E-state index contributed by atoms with van der Waals surface area (Å²) < 4.78 is 0.899. The van der Waals surface area contributed by atoms with E-state index in [2.05, 4.69) is 33.1 Å². The first-order chi connectivity index (χ1) is 7.17. The van der Waals surface area contributed by atoms with Crippen LogP contribution >= 0.6 is 34.2 Å². The molecule has 0 amide bonds. The predicted octanol–water partition coefficient (Wildman–Crippen LogP) is 2.76.